The molecule has 2 heterocycles. The molecule has 4 aromatic rings. The highest BCUT2D eigenvalue weighted by Gasteiger charge is 2.42. The van der Waals surface area contributed by atoms with E-state index in [0.29, 0.717) is 32.5 Å². The molecule has 0 N–H and O–H groups in total. The number of hydrogen-bond donors (Lipinski definition) is 0. The molecule has 0 fully saturated rings. The Morgan fingerprint density at radius 3 is 2.42 bits per heavy atom. The van der Waals surface area contributed by atoms with E-state index in [2.05, 4.69) is 5.10 Å². The van der Waals surface area contributed by atoms with Crippen molar-refractivity contribution in [1.82, 2.24) is 9.78 Å². The number of benzene rings is 3. The number of hydrogen-bond acceptors (Lipinski definition) is 5. The Bertz CT molecular complexity index is 1490. The fourth-order valence-corrected chi connectivity index (χ4v) is 4.45. The summed E-state index contributed by atoms with van der Waals surface area (Å²) < 4.78 is 52.9. The quantitative estimate of drug-likeness (QED) is 0.336. The summed E-state index contributed by atoms with van der Waals surface area (Å²) in [4.78, 5) is 27.1. The second kappa shape index (κ2) is 8.71. The number of amides is 1. The van der Waals surface area contributed by atoms with E-state index >= 15 is 0 Å². The second-order valence-electron chi connectivity index (χ2n) is 8.11. The maximum atomic E-state index is 14.1. The molecule has 1 aromatic heterocycles. The van der Waals surface area contributed by atoms with Crippen LogP contribution in [-0.4, -0.2) is 35.4 Å². The van der Waals surface area contributed by atoms with E-state index in [1.165, 1.54) is 13.0 Å². The molecular formula is C26H20F3N3O4. The van der Waals surface area contributed by atoms with Crippen LogP contribution in [-0.2, 0) is 17.5 Å². The smallest absolute Gasteiger partial charge is 0.434 e. The predicted octanol–water partition coefficient (Wildman–Crippen LogP) is 5.39. The summed E-state index contributed by atoms with van der Waals surface area (Å²) >= 11 is 0. The molecule has 184 valence electrons. The molecule has 3 aromatic carbocycles. The van der Waals surface area contributed by atoms with E-state index in [-0.39, 0.29) is 24.7 Å². The predicted molar refractivity (Wildman–Crippen MR) is 126 cm³/mol. The van der Waals surface area contributed by atoms with E-state index in [0.717, 1.165) is 11.8 Å². The number of esters is 1. The molecule has 1 aliphatic heterocycles. The lowest BCUT2D eigenvalue weighted by atomic mass is 10.0. The number of rotatable bonds is 6. The average molecular weight is 495 g/mol. The molecule has 0 spiro atoms. The lowest BCUT2D eigenvalue weighted by molar-refractivity contribution is -0.143. The minimum absolute atomic E-state index is 0.0750. The van der Waals surface area contributed by atoms with E-state index in [1.807, 2.05) is 12.1 Å². The summed E-state index contributed by atoms with van der Waals surface area (Å²) in [5.41, 5.74) is 0.00355. The number of nitrogens with zero attached hydrogens (tertiary/aromatic N) is 3. The summed E-state index contributed by atoms with van der Waals surface area (Å²) in [6, 6.07) is 15.2. The van der Waals surface area contributed by atoms with Crippen molar-refractivity contribution in [3.05, 3.63) is 83.2 Å². The van der Waals surface area contributed by atoms with Gasteiger partial charge in [-0.3, -0.25) is 4.79 Å². The molecule has 7 nitrogen and oxygen atoms in total. The van der Waals surface area contributed by atoms with Crippen LogP contribution in [0.3, 0.4) is 0 Å². The maximum Gasteiger partial charge on any atom is 0.434 e. The lowest BCUT2D eigenvalue weighted by Gasteiger charge is -2.19. The lowest BCUT2D eigenvalue weighted by Crippen LogP contribution is -2.26. The van der Waals surface area contributed by atoms with Gasteiger partial charge in [0, 0.05) is 16.3 Å². The Hall–Kier alpha value is -4.34. The third-order valence-corrected chi connectivity index (χ3v) is 6.02. The normalized spacial score (nSPS) is 12.9. The first-order valence-corrected chi connectivity index (χ1v) is 11.1. The van der Waals surface area contributed by atoms with Crippen LogP contribution >= 0.6 is 0 Å². The van der Waals surface area contributed by atoms with Crippen LogP contribution in [0.1, 0.15) is 38.9 Å². The van der Waals surface area contributed by atoms with Crippen LogP contribution in [0.2, 0.25) is 0 Å². The Balaban J connectivity index is 1.63. The summed E-state index contributed by atoms with van der Waals surface area (Å²) in [6.07, 6.45) is -4.03. The second-order valence-corrected chi connectivity index (χ2v) is 8.11. The van der Waals surface area contributed by atoms with Gasteiger partial charge in [0.25, 0.3) is 5.91 Å². The third kappa shape index (κ3) is 3.74. The van der Waals surface area contributed by atoms with Gasteiger partial charge >= 0.3 is 12.1 Å². The van der Waals surface area contributed by atoms with Gasteiger partial charge in [0.1, 0.15) is 11.3 Å². The minimum atomic E-state index is -4.88. The maximum absolute atomic E-state index is 14.1. The monoisotopic (exact) mass is 495 g/mol. The molecule has 0 unspecified atom stereocenters. The number of alkyl halides is 3. The third-order valence-electron chi connectivity index (χ3n) is 6.02. The number of carbonyl (C=O) groups excluding carboxylic acids is 2. The van der Waals surface area contributed by atoms with Crippen LogP contribution in [0.25, 0.3) is 16.5 Å². The zero-order chi connectivity index (χ0) is 25.6. The van der Waals surface area contributed by atoms with Crippen molar-refractivity contribution in [2.45, 2.75) is 19.6 Å². The molecule has 5 rings (SSSR count). The van der Waals surface area contributed by atoms with Gasteiger partial charge in [-0.2, -0.15) is 18.3 Å². The van der Waals surface area contributed by atoms with Crippen molar-refractivity contribution in [2.24, 2.45) is 0 Å². The molecule has 10 heteroatoms. The number of aromatic nitrogens is 2. The van der Waals surface area contributed by atoms with Crippen LogP contribution in [0.15, 0.2) is 60.8 Å². The standard InChI is InChI=1S/C26H20F3N3O4/c1-3-36-25(34)19-13-30-32(23(19)26(27,28)29)20-11-12-21-22-17(20)5-4-6-18(22)24(33)31(21)14-15-7-9-16(35-2)10-8-15/h4-13H,3,14H2,1-2H3. The molecular weight excluding hydrogens is 475 g/mol. The summed E-state index contributed by atoms with van der Waals surface area (Å²) in [7, 11) is 1.56. The molecule has 0 bridgehead atoms. The van der Waals surface area contributed by atoms with E-state index in [4.69, 9.17) is 9.47 Å². The van der Waals surface area contributed by atoms with Crippen molar-refractivity contribution in [3.63, 3.8) is 0 Å². The Kier molecular flexibility index (Phi) is 5.66. The Morgan fingerprint density at radius 2 is 1.75 bits per heavy atom. The molecule has 0 saturated carbocycles. The highest BCUT2D eigenvalue weighted by molar-refractivity contribution is 6.26. The summed E-state index contributed by atoms with van der Waals surface area (Å²) in [6.45, 7) is 1.70. The molecule has 1 aliphatic rings. The Labute approximate surface area is 203 Å². The van der Waals surface area contributed by atoms with Gasteiger partial charge in [-0.05, 0) is 42.8 Å². The van der Waals surface area contributed by atoms with Gasteiger partial charge in [-0.25, -0.2) is 9.48 Å². The highest BCUT2D eigenvalue weighted by Crippen LogP contribution is 2.42. The van der Waals surface area contributed by atoms with Crippen molar-refractivity contribution < 1.29 is 32.2 Å². The average Bonchev–Trinajstić information content (AvgIpc) is 3.42. The first kappa shape index (κ1) is 23.4. The van der Waals surface area contributed by atoms with Gasteiger partial charge in [0.2, 0.25) is 0 Å². The molecule has 1 amide bonds. The largest absolute Gasteiger partial charge is 0.497 e. The SMILES string of the molecule is CCOC(=O)c1cnn(-c2ccc3c4c(cccc24)C(=O)N3Cc2ccc(OC)cc2)c1C(F)(F)F. The fourth-order valence-electron chi connectivity index (χ4n) is 4.45. The topological polar surface area (TPSA) is 73.7 Å². The van der Waals surface area contributed by atoms with Crippen LogP contribution in [0.5, 0.6) is 5.75 Å². The number of methoxy groups -OCH3 is 1. The van der Waals surface area contributed by atoms with E-state index in [9.17, 15) is 22.8 Å². The molecule has 0 atom stereocenters. The van der Waals surface area contributed by atoms with Crippen LogP contribution < -0.4 is 9.64 Å². The first-order valence-electron chi connectivity index (χ1n) is 11.1. The van der Waals surface area contributed by atoms with Gasteiger partial charge < -0.3 is 14.4 Å². The van der Waals surface area contributed by atoms with Crippen molar-refractivity contribution in [1.29, 1.82) is 0 Å². The fraction of sp³-hybridized carbons (Fsp3) is 0.192. The van der Waals surface area contributed by atoms with Crippen molar-refractivity contribution >= 4 is 28.3 Å². The molecule has 36 heavy (non-hydrogen) atoms. The highest BCUT2D eigenvalue weighted by atomic mass is 19.4. The van der Waals surface area contributed by atoms with Crippen LogP contribution in [0.4, 0.5) is 18.9 Å². The zero-order valence-electron chi connectivity index (χ0n) is 19.3. The van der Waals surface area contributed by atoms with Crippen molar-refractivity contribution in [3.8, 4) is 11.4 Å². The van der Waals surface area contributed by atoms with E-state index in [1.54, 1.807) is 48.4 Å². The zero-order valence-corrected chi connectivity index (χ0v) is 19.3. The molecule has 0 saturated heterocycles. The number of carbonyl (C=O) groups is 2. The van der Waals surface area contributed by atoms with E-state index < -0.39 is 23.4 Å². The summed E-state index contributed by atoms with van der Waals surface area (Å²) in [5, 5.41) is 4.82. The van der Waals surface area contributed by atoms with Gasteiger partial charge in [0.05, 0.1) is 37.8 Å². The summed E-state index contributed by atoms with van der Waals surface area (Å²) in [5.74, 6) is -0.682. The number of halogens is 3. The number of ether oxygens (including phenoxy) is 2. The van der Waals surface area contributed by atoms with Gasteiger partial charge in [0.15, 0.2) is 5.69 Å². The number of anilines is 1. The van der Waals surface area contributed by atoms with Gasteiger partial charge in [-0.15, -0.1) is 0 Å². The molecule has 0 radical (unpaired) electrons. The van der Waals surface area contributed by atoms with Gasteiger partial charge in [-0.1, -0.05) is 24.3 Å². The Morgan fingerprint density at radius 1 is 1.03 bits per heavy atom. The first-order chi connectivity index (χ1) is 17.2. The van der Waals surface area contributed by atoms with Crippen LogP contribution in [0, 0.1) is 0 Å². The minimum Gasteiger partial charge on any atom is -0.497 e. The molecule has 0 aliphatic carbocycles. The van der Waals surface area contributed by atoms with Crippen molar-refractivity contribution in [2.75, 3.05) is 18.6 Å².